The Kier molecular flexibility index (Phi) is 5.85. The number of rotatable bonds is 6. The summed E-state index contributed by atoms with van der Waals surface area (Å²) in [5.74, 6) is 0.916. The van der Waals surface area contributed by atoms with Gasteiger partial charge in [0.1, 0.15) is 5.75 Å². The average molecular weight is 491 g/mol. The topological polar surface area (TPSA) is 78.5 Å². The minimum absolute atomic E-state index is 0.108. The summed E-state index contributed by atoms with van der Waals surface area (Å²) in [7, 11) is 1.52. The number of hydrogen-bond acceptors (Lipinski definition) is 6. The molecule has 2 heterocycles. The van der Waals surface area contributed by atoms with Gasteiger partial charge in [0.15, 0.2) is 10.9 Å². The van der Waals surface area contributed by atoms with E-state index in [1.54, 1.807) is 28.8 Å². The second-order valence-corrected chi connectivity index (χ2v) is 8.97. The number of aryl methyl sites for hydroxylation is 1. The van der Waals surface area contributed by atoms with E-state index in [2.05, 4.69) is 10.2 Å². The first-order chi connectivity index (χ1) is 16.5. The normalized spacial score (nSPS) is 11.3. The third kappa shape index (κ3) is 3.74. The molecule has 0 aliphatic rings. The smallest absolute Gasteiger partial charge is 0.267 e. The van der Waals surface area contributed by atoms with Gasteiger partial charge in [-0.15, -0.1) is 10.2 Å². The van der Waals surface area contributed by atoms with E-state index in [4.69, 9.17) is 16.3 Å². The van der Waals surface area contributed by atoms with Crippen molar-refractivity contribution in [3.63, 3.8) is 0 Å². The number of para-hydroxylation sites is 2. The molecule has 0 aliphatic carbocycles. The number of ether oxygens (including phenoxy) is 1. The number of methoxy groups -OCH3 is 1. The van der Waals surface area contributed by atoms with Crippen LogP contribution in [0.4, 0.5) is 0 Å². The quantitative estimate of drug-likeness (QED) is 0.247. The van der Waals surface area contributed by atoms with E-state index in [0.717, 1.165) is 11.3 Å². The third-order valence-corrected chi connectivity index (χ3v) is 6.78. The Balaban J connectivity index is 1.60. The van der Waals surface area contributed by atoms with Gasteiger partial charge in [-0.2, -0.15) is 0 Å². The Hall–Kier alpha value is -3.62. The minimum atomic E-state index is -0.176. The predicted octanol–water partition coefficient (Wildman–Crippen LogP) is 4.98. The fourth-order valence-corrected chi connectivity index (χ4v) is 4.95. The molecule has 0 unspecified atom stereocenters. The van der Waals surface area contributed by atoms with Crippen molar-refractivity contribution in [3.05, 3.63) is 93.2 Å². The number of Topliss-reactive ketones (excluding diaryl/α,β-unsaturated/α-hetero) is 1. The lowest BCUT2D eigenvalue weighted by molar-refractivity contribution is 0.102. The zero-order chi connectivity index (χ0) is 23.8. The standard InChI is InChI=1S/C25H19ClN4O3S/c1-15-7-3-5-9-19(15)29-23(32)17-8-4-6-10-20(17)30-24(29)27-28-25(30)34-14-21(31)16-11-12-22(33-2)18(26)13-16/h3-13H,14H2,1-2H3. The molecule has 0 fully saturated rings. The van der Waals surface area contributed by atoms with Gasteiger partial charge < -0.3 is 4.74 Å². The maximum Gasteiger partial charge on any atom is 0.267 e. The number of benzene rings is 3. The molecule has 3 aromatic carbocycles. The second kappa shape index (κ2) is 8.96. The monoisotopic (exact) mass is 490 g/mol. The fraction of sp³-hybridized carbons (Fsp3) is 0.120. The van der Waals surface area contributed by atoms with Crippen LogP contribution in [0.25, 0.3) is 22.4 Å². The van der Waals surface area contributed by atoms with Gasteiger partial charge in [-0.3, -0.25) is 14.0 Å². The maximum absolute atomic E-state index is 13.4. The molecule has 0 aliphatic heterocycles. The first kappa shape index (κ1) is 22.2. The summed E-state index contributed by atoms with van der Waals surface area (Å²) in [6.07, 6.45) is 0. The maximum atomic E-state index is 13.4. The Morgan fingerprint density at radius 2 is 1.82 bits per heavy atom. The molecule has 0 saturated heterocycles. The number of ketones is 1. The molecule has 0 atom stereocenters. The van der Waals surface area contributed by atoms with Crippen LogP contribution < -0.4 is 10.3 Å². The number of nitrogens with zero attached hydrogens (tertiary/aromatic N) is 4. The lowest BCUT2D eigenvalue weighted by Crippen LogP contribution is -2.22. The Morgan fingerprint density at radius 3 is 2.59 bits per heavy atom. The molecule has 0 bridgehead atoms. The van der Waals surface area contributed by atoms with Crippen molar-refractivity contribution in [1.82, 2.24) is 19.2 Å². The zero-order valence-corrected chi connectivity index (χ0v) is 19.9. The number of fused-ring (bicyclic) bond motifs is 3. The highest BCUT2D eigenvalue weighted by molar-refractivity contribution is 7.99. The molecule has 0 saturated carbocycles. The van der Waals surface area contributed by atoms with Crippen LogP contribution in [0.1, 0.15) is 15.9 Å². The number of thioether (sulfide) groups is 1. The number of halogens is 1. The number of carbonyl (C=O) groups is 1. The van der Waals surface area contributed by atoms with Crippen LogP contribution >= 0.6 is 23.4 Å². The molecule has 170 valence electrons. The molecule has 5 rings (SSSR count). The molecule has 0 spiro atoms. The van der Waals surface area contributed by atoms with Gasteiger partial charge in [0, 0.05) is 5.56 Å². The van der Waals surface area contributed by atoms with E-state index in [1.807, 2.05) is 53.8 Å². The third-order valence-electron chi connectivity index (χ3n) is 5.56. The van der Waals surface area contributed by atoms with Crippen LogP contribution in [0, 0.1) is 6.92 Å². The van der Waals surface area contributed by atoms with Gasteiger partial charge in [0.2, 0.25) is 5.78 Å². The largest absolute Gasteiger partial charge is 0.495 e. The highest BCUT2D eigenvalue weighted by Gasteiger charge is 2.20. The lowest BCUT2D eigenvalue weighted by Gasteiger charge is -2.13. The van der Waals surface area contributed by atoms with Gasteiger partial charge >= 0.3 is 0 Å². The molecule has 5 aromatic rings. The van der Waals surface area contributed by atoms with Crippen LogP contribution in [0.2, 0.25) is 5.02 Å². The summed E-state index contributed by atoms with van der Waals surface area (Å²) in [6.45, 7) is 1.94. The summed E-state index contributed by atoms with van der Waals surface area (Å²) in [5, 5.41) is 10.1. The summed E-state index contributed by atoms with van der Waals surface area (Å²) in [6, 6.07) is 19.9. The van der Waals surface area contributed by atoms with Crippen LogP contribution in [-0.2, 0) is 0 Å². The molecule has 34 heavy (non-hydrogen) atoms. The van der Waals surface area contributed by atoms with Crippen LogP contribution in [0.3, 0.4) is 0 Å². The van der Waals surface area contributed by atoms with Crippen LogP contribution in [0.15, 0.2) is 76.7 Å². The van der Waals surface area contributed by atoms with Crippen molar-refractivity contribution in [2.75, 3.05) is 12.9 Å². The van der Waals surface area contributed by atoms with E-state index in [9.17, 15) is 9.59 Å². The van der Waals surface area contributed by atoms with Crippen LogP contribution in [0.5, 0.6) is 5.75 Å². The lowest BCUT2D eigenvalue weighted by atomic mass is 10.1. The zero-order valence-electron chi connectivity index (χ0n) is 18.4. The number of carbonyl (C=O) groups excluding carboxylic acids is 1. The molecular formula is C25H19ClN4O3S. The van der Waals surface area contributed by atoms with E-state index in [1.165, 1.54) is 18.9 Å². The van der Waals surface area contributed by atoms with E-state index < -0.39 is 0 Å². The Labute approximate surface area is 204 Å². The highest BCUT2D eigenvalue weighted by atomic mass is 35.5. The summed E-state index contributed by atoms with van der Waals surface area (Å²) >= 11 is 7.43. The van der Waals surface area contributed by atoms with E-state index in [-0.39, 0.29) is 17.1 Å². The molecule has 9 heteroatoms. The predicted molar refractivity (Wildman–Crippen MR) is 134 cm³/mol. The molecule has 7 nitrogen and oxygen atoms in total. The molecule has 0 amide bonds. The second-order valence-electron chi connectivity index (χ2n) is 7.62. The van der Waals surface area contributed by atoms with Crippen molar-refractivity contribution in [2.24, 2.45) is 0 Å². The fourth-order valence-electron chi connectivity index (χ4n) is 3.86. The van der Waals surface area contributed by atoms with Crippen molar-refractivity contribution in [3.8, 4) is 11.4 Å². The van der Waals surface area contributed by atoms with E-state index in [0.29, 0.717) is 38.2 Å². The highest BCUT2D eigenvalue weighted by Crippen LogP contribution is 2.27. The molecule has 0 N–H and O–H groups in total. The summed E-state index contributed by atoms with van der Waals surface area (Å²) in [5.41, 5.74) is 2.65. The molecular weight excluding hydrogens is 472 g/mol. The minimum Gasteiger partial charge on any atom is -0.495 e. The van der Waals surface area contributed by atoms with Gasteiger partial charge in [-0.05, 0) is 48.9 Å². The Morgan fingerprint density at radius 1 is 1.06 bits per heavy atom. The number of hydrogen-bond donors (Lipinski definition) is 0. The average Bonchev–Trinajstić information content (AvgIpc) is 3.27. The molecule has 2 aromatic heterocycles. The summed E-state index contributed by atoms with van der Waals surface area (Å²) in [4.78, 5) is 26.3. The van der Waals surface area contributed by atoms with Gasteiger partial charge in [-0.1, -0.05) is 53.7 Å². The van der Waals surface area contributed by atoms with Crippen molar-refractivity contribution >= 4 is 45.8 Å². The van der Waals surface area contributed by atoms with Crippen LogP contribution in [-0.4, -0.2) is 37.8 Å². The SMILES string of the molecule is COc1ccc(C(=O)CSc2nnc3n(-c4ccccc4C)c(=O)c4ccccc4n23)cc1Cl. The number of aromatic nitrogens is 4. The van der Waals surface area contributed by atoms with Gasteiger partial charge in [0.05, 0.1) is 34.5 Å². The van der Waals surface area contributed by atoms with Crippen molar-refractivity contribution in [2.45, 2.75) is 12.1 Å². The first-order valence-corrected chi connectivity index (χ1v) is 11.8. The molecule has 0 radical (unpaired) electrons. The van der Waals surface area contributed by atoms with Gasteiger partial charge in [-0.25, -0.2) is 4.57 Å². The Bertz CT molecular complexity index is 1630. The van der Waals surface area contributed by atoms with Crippen molar-refractivity contribution in [1.29, 1.82) is 0 Å². The van der Waals surface area contributed by atoms with E-state index >= 15 is 0 Å². The summed E-state index contributed by atoms with van der Waals surface area (Å²) < 4.78 is 8.55. The van der Waals surface area contributed by atoms with Crippen molar-refractivity contribution < 1.29 is 9.53 Å². The first-order valence-electron chi connectivity index (χ1n) is 10.4. The van der Waals surface area contributed by atoms with Gasteiger partial charge in [0.25, 0.3) is 5.56 Å².